The van der Waals surface area contributed by atoms with E-state index in [1.54, 1.807) is 18.7 Å². The standard InChI is InChI=1S/C18H18N4O4S/c1-9(23)13-11-8-12(14(17(25)26)22(11)16(13)24)27-18-19-15(20-21(18)2)10-6-4-3-5-7-10/h3-7,9,11,13,23H,8H2,1-2H3,(H,25,26)/t9?,11?,13-/m1/s1. The van der Waals surface area contributed by atoms with Crippen LogP contribution in [0.5, 0.6) is 0 Å². The lowest BCUT2D eigenvalue weighted by molar-refractivity contribution is -0.161. The first kappa shape index (κ1) is 17.7. The monoisotopic (exact) mass is 386 g/mol. The first-order chi connectivity index (χ1) is 12.9. The van der Waals surface area contributed by atoms with Crippen LogP contribution in [0.4, 0.5) is 0 Å². The quantitative estimate of drug-likeness (QED) is 0.749. The summed E-state index contributed by atoms with van der Waals surface area (Å²) in [4.78, 5) is 30.4. The van der Waals surface area contributed by atoms with Crippen molar-refractivity contribution in [3.8, 4) is 11.4 Å². The van der Waals surface area contributed by atoms with Gasteiger partial charge >= 0.3 is 5.97 Å². The number of thioether (sulfide) groups is 1. The fourth-order valence-electron chi connectivity index (χ4n) is 3.60. The molecule has 1 saturated heterocycles. The highest BCUT2D eigenvalue weighted by atomic mass is 32.2. The first-order valence-electron chi connectivity index (χ1n) is 8.50. The molecule has 1 aromatic carbocycles. The molecule has 0 radical (unpaired) electrons. The topological polar surface area (TPSA) is 109 Å². The van der Waals surface area contributed by atoms with Gasteiger partial charge in [-0.1, -0.05) is 42.1 Å². The molecule has 0 saturated carbocycles. The maximum absolute atomic E-state index is 12.3. The number of carbonyl (C=O) groups excluding carboxylic acids is 1. The molecule has 140 valence electrons. The predicted octanol–water partition coefficient (Wildman–Crippen LogP) is 1.48. The van der Waals surface area contributed by atoms with E-state index in [1.165, 1.54) is 16.7 Å². The molecule has 9 heteroatoms. The molecule has 8 nitrogen and oxygen atoms in total. The normalized spacial score (nSPS) is 22.6. The Morgan fingerprint density at radius 3 is 2.67 bits per heavy atom. The molecule has 2 unspecified atom stereocenters. The minimum absolute atomic E-state index is 0.0174. The van der Waals surface area contributed by atoms with Crippen LogP contribution in [0.1, 0.15) is 13.3 Å². The number of aliphatic carboxylic acids is 1. The zero-order chi connectivity index (χ0) is 19.3. The molecule has 3 heterocycles. The van der Waals surface area contributed by atoms with Gasteiger partial charge in [0.15, 0.2) is 11.0 Å². The van der Waals surface area contributed by atoms with E-state index in [1.807, 2.05) is 30.3 Å². The summed E-state index contributed by atoms with van der Waals surface area (Å²) in [6.45, 7) is 1.56. The van der Waals surface area contributed by atoms with Gasteiger partial charge in [-0.25, -0.2) is 14.5 Å². The lowest BCUT2D eigenvalue weighted by atomic mass is 9.83. The Hall–Kier alpha value is -2.65. The summed E-state index contributed by atoms with van der Waals surface area (Å²) < 4.78 is 1.60. The van der Waals surface area contributed by atoms with Crippen molar-refractivity contribution < 1.29 is 19.8 Å². The van der Waals surface area contributed by atoms with Gasteiger partial charge in [0.05, 0.1) is 18.1 Å². The summed E-state index contributed by atoms with van der Waals surface area (Å²) in [7, 11) is 1.75. The van der Waals surface area contributed by atoms with Crippen molar-refractivity contribution in [1.82, 2.24) is 19.7 Å². The van der Waals surface area contributed by atoms with Gasteiger partial charge in [-0.15, -0.1) is 0 Å². The Morgan fingerprint density at radius 2 is 2.04 bits per heavy atom. The summed E-state index contributed by atoms with van der Waals surface area (Å²) in [6, 6.07) is 9.19. The fourth-order valence-corrected chi connectivity index (χ4v) is 4.66. The minimum atomic E-state index is -1.15. The predicted molar refractivity (Wildman–Crippen MR) is 97.4 cm³/mol. The number of hydrogen-bond donors (Lipinski definition) is 2. The molecule has 3 atom stereocenters. The van der Waals surface area contributed by atoms with Crippen LogP contribution in [0.2, 0.25) is 0 Å². The van der Waals surface area contributed by atoms with E-state index in [-0.39, 0.29) is 17.6 Å². The molecule has 2 N–H and O–H groups in total. The number of rotatable bonds is 5. The van der Waals surface area contributed by atoms with Gasteiger partial charge in [0.1, 0.15) is 5.70 Å². The Kier molecular flexibility index (Phi) is 4.27. The molecule has 0 aliphatic carbocycles. The highest BCUT2D eigenvalue weighted by Crippen LogP contribution is 2.48. The Morgan fingerprint density at radius 1 is 1.33 bits per heavy atom. The van der Waals surface area contributed by atoms with Gasteiger partial charge in [0, 0.05) is 23.9 Å². The Bertz CT molecular complexity index is 954. The van der Waals surface area contributed by atoms with E-state index in [4.69, 9.17) is 0 Å². The van der Waals surface area contributed by atoms with Crippen molar-refractivity contribution in [1.29, 1.82) is 0 Å². The maximum atomic E-state index is 12.3. The number of hydrogen-bond acceptors (Lipinski definition) is 6. The Labute approximate surface area is 159 Å². The van der Waals surface area contributed by atoms with Crippen LogP contribution in [0.3, 0.4) is 0 Å². The van der Waals surface area contributed by atoms with Gasteiger partial charge in [-0.3, -0.25) is 4.79 Å². The summed E-state index contributed by atoms with van der Waals surface area (Å²) in [5.74, 6) is -1.50. The zero-order valence-corrected chi connectivity index (χ0v) is 15.6. The molecular weight excluding hydrogens is 368 g/mol. The number of amides is 1. The number of carboxylic acids is 1. The molecule has 0 bridgehead atoms. The molecule has 1 fully saturated rings. The van der Waals surface area contributed by atoms with Crippen molar-refractivity contribution in [2.45, 2.75) is 30.6 Å². The molecular formula is C18H18N4O4S. The second-order valence-corrected chi connectivity index (χ2v) is 7.69. The van der Waals surface area contributed by atoms with E-state index >= 15 is 0 Å². The van der Waals surface area contributed by atoms with Crippen molar-refractivity contribution in [3.63, 3.8) is 0 Å². The summed E-state index contributed by atoms with van der Waals surface area (Å²) >= 11 is 1.21. The fraction of sp³-hybridized carbons (Fsp3) is 0.333. The number of carboxylic acid groups (broad SMARTS) is 1. The minimum Gasteiger partial charge on any atom is -0.477 e. The highest BCUT2D eigenvalue weighted by molar-refractivity contribution is 8.03. The van der Waals surface area contributed by atoms with Crippen LogP contribution < -0.4 is 0 Å². The van der Waals surface area contributed by atoms with Crippen molar-refractivity contribution >= 4 is 23.6 Å². The molecule has 2 aromatic rings. The molecule has 2 aliphatic rings. The van der Waals surface area contributed by atoms with Gasteiger partial charge in [0.2, 0.25) is 5.91 Å². The third-order valence-electron chi connectivity index (χ3n) is 4.86. The second kappa shape index (κ2) is 6.50. The third-order valence-corrected chi connectivity index (χ3v) is 6.00. The van der Waals surface area contributed by atoms with Crippen LogP contribution >= 0.6 is 11.8 Å². The third kappa shape index (κ3) is 2.83. The number of nitrogens with zero attached hydrogens (tertiary/aromatic N) is 4. The highest BCUT2D eigenvalue weighted by Gasteiger charge is 2.56. The van der Waals surface area contributed by atoms with Crippen LogP contribution in [0, 0.1) is 5.92 Å². The largest absolute Gasteiger partial charge is 0.477 e. The molecule has 1 aromatic heterocycles. The van der Waals surface area contributed by atoms with Crippen LogP contribution in [0.25, 0.3) is 11.4 Å². The van der Waals surface area contributed by atoms with Gasteiger partial charge in [-0.2, -0.15) is 5.10 Å². The average Bonchev–Trinajstić information content (AvgIpc) is 3.14. The molecule has 27 heavy (non-hydrogen) atoms. The number of benzene rings is 1. The number of β-lactam (4-membered cyclic amide) rings is 1. The lowest BCUT2D eigenvalue weighted by Gasteiger charge is -2.44. The SMILES string of the molecule is CC(O)[C@H]1C(=O)N2C(C(=O)O)=C(Sc3nc(-c4ccccc4)nn3C)CC12. The number of carbonyl (C=O) groups is 2. The van der Waals surface area contributed by atoms with Crippen molar-refractivity contribution in [2.75, 3.05) is 0 Å². The van der Waals surface area contributed by atoms with Crippen LogP contribution in [-0.2, 0) is 16.6 Å². The van der Waals surface area contributed by atoms with Crippen LogP contribution in [-0.4, -0.2) is 53.9 Å². The first-order valence-corrected chi connectivity index (χ1v) is 9.32. The number of fused-ring (bicyclic) bond motifs is 1. The van der Waals surface area contributed by atoms with Crippen molar-refractivity contribution in [2.24, 2.45) is 13.0 Å². The summed E-state index contributed by atoms with van der Waals surface area (Å²) in [5.41, 5.74) is 0.850. The van der Waals surface area contributed by atoms with E-state index < -0.39 is 18.0 Å². The summed E-state index contributed by atoms with van der Waals surface area (Å²) in [5, 5.41) is 24.4. The number of aliphatic hydroxyl groups is 1. The van der Waals surface area contributed by atoms with E-state index in [0.29, 0.717) is 22.3 Å². The smallest absolute Gasteiger partial charge is 0.353 e. The van der Waals surface area contributed by atoms with E-state index in [2.05, 4.69) is 10.1 Å². The lowest BCUT2D eigenvalue weighted by Crippen LogP contribution is -2.61. The Balaban J connectivity index is 1.64. The zero-order valence-electron chi connectivity index (χ0n) is 14.7. The molecule has 1 amide bonds. The molecule has 0 spiro atoms. The van der Waals surface area contributed by atoms with Crippen LogP contribution in [0.15, 0.2) is 46.1 Å². The molecule has 2 aliphatic heterocycles. The average molecular weight is 386 g/mol. The molecule has 4 rings (SSSR count). The second-order valence-electron chi connectivity index (χ2n) is 6.63. The number of aromatic nitrogens is 3. The van der Waals surface area contributed by atoms with E-state index in [9.17, 15) is 19.8 Å². The van der Waals surface area contributed by atoms with Gasteiger partial charge in [-0.05, 0) is 6.92 Å². The number of aliphatic hydroxyl groups excluding tert-OH is 1. The maximum Gasteiger partial charge on any atom is 0.353 e. The number of aryl methyl sites for hydroxylation is 1. The van der Waals surface area contributed by atoms with Gasteiger partial charge in [0.25, 0.3) is 0 Å². The van der Waals surface area contributed by atoms with Crippen molar-refractivity contribution in [3.05, 3.63) is 40.9 Å². The van der Waals surface area contributed by atoms with Gasteiger partial charge < -0.3 is 15.1 Å². The van der Waals surface area contributed by atoms with E-state index in [0.717, 1.165) is 5.56 Å². The summed E-state index contributed by atoms with van der Waals surface area (Å²) in [6.07, 6.45) is -0.418.